The third-order valence-electron chi connectivity index (χ3n) is 1.72. The smallest absolute Gasteiger partial charge is 0.212 e. The summed E-state index contributed by atoms with van der Waals surface area (Å²) < 4.78 is 1.82. The maximum absolute atomic E-state index is 5.53. The third kappa shape index (κ3) is 1.02. The molecule has 64 valence electrons. The number of aromatic nitrogens is 3. The third-order valence-corrected chi connectivity index (χ3v) is 2.58. The van der Waals surface area contributed by atoms with Gasteiger partial charge in [0, 0.05) is 18.3 Å². The average Bonchev–Trinajstić information content (AvgIpc) is 2.61. The topological polar surface area (TPSA) is 56.2 Å². The number of aryl methyl sites for hydroxylation is 1. The molecule has 2 rings (SSSR count). The molecule has 2 aromatic heterocycles. The van der Waals surface area contributed by atoms with E-state index >= 15 is 0 Å². The van der Waals surface area contributed by atoms with Gasteiger partial charge in [-0.05, 0) is 0 Å². The molecular formula is C7H10N4S. The lowest BCUT2D eigenvalue weighted by Gasteiger charge is -1.88. The Morgan fingerprint density at radius 1 is 1.67 bits per heavy atom. The first-order valence-electron chi connectivity index (χ1n) is 3.87. The summed E-state index contributed by atoms with van der Waals surface area (Å²) in [5.74, 6) is 0.886. The Morgan fingerprint density at radius 3 is 3.17 bits per heavy atom. The molecule has 0 aliphatic rings. The first kappa shape index (κ1) is 7.70. The number of nitrogens with two attached hydrogens (primary N) is 1. The summed E-state index contributed by atoms with van der Waals surface area (Å²) in [6, 6.07) is 0. The fraction of sp³-hybridized carbons (Fsp3) is 0.429. The van der Waals surface area contributed by atoms with Crippen molar-refractivity contribution in [2.24, 2.45) is 5.73 Å². The zero-order valence-corrected chi connectivity index (χ0v) is 7.64. The molecular weight excluding hydrogens is 172 g/mol. The molecule has 12 heavy (non-hydrogen) atoms. The van der Waals surface area contributed by atoms with Gasteiger partial charge in [0.15, 0.2) is 5.82 Å². The van der Waals surface area contributed by atoms with Gasteiger partial charge >= 0.3 is 0 Å². The highest BCUT2D eigenvalue weighted by Gasteiger charge is 2.06. The number of hydrogen-bond acceptors (Lipinski definition) is 4. The fourth-order valence-corrected chi connectivity index (χ4v) is 1.91. The molecule has 0 saturated heterocycles. The van der Waals surface area contributed by atoms with Crippen LogP contribution in [0.2, 0.25) is 0 Å². The van der Waals surface area contributed by atoms with E-state index in [0.717, 1.165) is 22.9 Å². The minimum absolute atomic E-state index is 0.520. The van der Waals surface area contributed by atoms with E-state index in [9.17, 15) is 0 Å². The minimum Gasteiger partial charge on any atom is -0.325 e. The van der Waals surface area contributed by atoms with Crippen LogP contribution in [0.3, 0.4) is 0 Å². The van der Waals surface area contributed by atoms with E-state index in [-0.39, 0.29) is 0 Å². The highest BCUT2D eigenvalue weighted by atomic mass is 32.1. The van der Waals surface area contributed by atoms with E-state index in [0.29, 0.717) is 6.54 Å². The second kappa shape index (κ2) is 2.84. The van der Waals surface area contributed by atoms with E-state index in [2.05, 4.69) is 10.1 Å². The van der Waals surface area contributed by atoms with Crippen LogP contribution in [0.4, 0.5) is 0 Å². The van der Waals surface area contributed by atoms with Gasteiger partial charge in [0.2, 0.25) is 4.96 Å². The SMILES string of the molecule is CCc1nc2scc(CN)n2n1. The van der Waals surface area contributed by atoms with Crippen LogP contribution in [0.1, 0.15) is 18.4 Å². The molecule has 0 atom stereocenters. The molecule has 0 aliphatic heterocycles. The summed E-state index contributed by atoms with van der Waals surface area (Å²) >= 11 is 1.58. The van der Waals surface area contributed by atoms with E-state index in [1.807, 2.05) is 16.8 Å². The number of hydrogen-bond donors (Lipinski definition) is 1. The predicted octanol–water partition coefficient (Wildman–Crippen LogP) is 0.812. The van der Waals surface area contributed by atoms with Crippen molar-refractivity contribution in [2.75, 3.05) is 0 Å². The molecule has 4 nitrogen and oxygen atoms in total. The predicted molar refractivity (Wildman–Crippen MR) is 48.1 cm³/mol. The number of fused-ring (bicyclic) bond motifs is 1. The summed E-state index contributed by atoms with van der Waals surface area (Å²) in [5.41, 5.74) is 6.56. The molecule has 0 bridgehead atoms. The highest BCUT2D eigenvalue weighted by Crippen LogP contribution is 2.13. The lowest BCUT2D eigenvalue weighted by Crippen LogP contribution is -2.01. The molecule has 2 N–H and O–H groups in total. The lowest BCUT2D eigenvalue weighted by atomic mass is 10.5. The van der Waals surface area contributed by atoms with Gasteiger partial charge in [0.1, 0.15) is 0 Å². The Bertz CT molecular complexity index is 389. The Kier molecular flexibility index (Phi) is 1.82. The molecule has 0 saturated carbocycles. The van der Waals surface area contributed by atoms with E-state index in [1.165, 1.54) is 0 Å². The molecule has 0 fully saturated rings. The minimum atomic E-state index is 0.520. The van der Waals surface area contributed by atoms with Gasteiger partial charge in [-0.25, -0.2) is 9.50 Å². The van der Waals surface area contributed by atoms with Crippen LogP contribution in [0.25, 0.3) is 4.96 Å². The lowest BCUT2D eigenvalue weighted by molar-refractivity contribution is 0.830. The molecule has 0 aliphatic carbocycles. The fourth-order valence-electron chi connectivity index (χ4n) is 1.06. The van der Waals surface area contributed by atoms with Crippen LogP contribution in [0.15, 0.2) is 5.38 Å². The van der Waals surface area contributed by atoms with Crippen LogP contribution in [0, 0.1) is 0 Å². The van der Waals surface area contributed by atoms with Gasteiger partial charge in [-0.1, -0.05) is 6.92 Å². The Hall–Kier alpha value is -0.940. The van der Waals surface area contributed by atoms with Gasteiger partial charge in [-0.15, -0.1) is 11.3 Å². The largest absolute Gasteiger partial charge is 0.325 e. The summed E-state index contributed by atoms with van der Waals surface area (Å²) in [5, 5.41) is 6.29. The van der Waals surface area contributed by atoms with Gasteiger partial charge in [0.05, 0.1) is 5.69 Å². The summed E-state index contributed by atoms with van der Waals surface area (Å²) in [6.45, 7) is 2.56. The van der Waals surface area contributed by atoms with Crippen molar-refractivity contribution in [3.8, 4) is 0 Å². The molecule has 0 amide bonds. The number of rotatable bonds is 2. The Morgan fingerprint density at radius 2 is 2.50 bits per heavy atom. The highest BCUT2D eigenvalue weighted by molar-refractivity contribution is 7.15. The first-order chi connectivity index (χ1) is 5.85. The summed E-state index contributed by atoms with van der Waals surface area (Å²) in [7, 11) is 0. The maximum Gasteiger partial charge on any atom is 0.212 e. The molecule has 0 radical (unpaired) electrons. The monoisotopic (exact) mass is 182 g/mol. The quantitative estimate of drug-likeness (QED) is 0.747. The average molecular weight is 182 g/mol. The van der Waals surface area contributed by atoms with Crippen LogP contribution in [-0.2, 0) is 13.0 Å². The molecule has 2 aromatic rings. The van der Waals surface area contributed by atoms with Crippen LogP contribution in [-0.4, -0.2) is 14.6 Å². The maximum atomic E-state index is 5.53. The van der Waals surface area contributed by atoms with Crippen LogP contribution >= 0.6 is 11.3 Å². The van der Waals surface area contributed by atoms with Gasteiger partial charge in [-0.3, -0.25) is 0 Å². The van der Waals surface area contributed by atoms with E-state index in [4.69, 9.17) is 5.73 Å². The van der Waals surface area contributed by atoms with Gasteiger partial charge in [-0.2, -0.15) is 5.10 Å². The zero-order chi connectivity index (χ0) is 8.55. The standard InChI is InChI=1S/C7H10N4S/c1-2-6-9-7-11(10-6)5(3-8)4-12-7/h4H,2-3,8H2,1H3. The molecule has 0 aromatic carbocycles. The Balaban J connectivity index is 2.60. The Labute approximate surface area is 74.0 Å². The van der Waals surface area contributed by atoms with E-state index < -0.39 is 0 Å². The van der Waals surface area contributed by atoms with Crippen molar-refractivity contribution >= 4 is 16.3 Å². The van der Waals surface area contributed by atoms with Crippen molar-refractivity contribution in [1.82, 2.24) is 14.6 Å². The normalized spacial score (nSPS) is 11.2. The van der Waals surface area contributed by atoms with Crippen molar-refractivity contribution in [2.45, 2.75) is 19.9 Å². The molecule has 5 heteroatoms. The van der Waals surface area contributed by atoms with Crippen LogP contribution in [0.5, 0.6) is 0 Å². The van der Waals surface area contributed by atoms with Crippen molar-refractivity contribution < 1.29 is 0 Å². The first-order valence-corrected chi connectivity index (χ1v) is 4.75. The van der Waals surface area contributed by atoms with Gasteiger partial charge < -0.3 is 5.73 Å². The number of nitrogens with zero attached hydrogens (tertiary/aromatic N) is 3. The van der Waals surface area contributed by atoms with Crippen molar-refractivity contribution in [3.05, 3.63) is 16.9 Å². The zero-order valence-electron chi connectivity index (χ0n) is 6.82. The molecule has 2 heterocycles. The number of thiazole rings is 1. The second-order valence-corrected chi connectivity index (χ2v) is 3.34. The molecule has 0 spiro atoms. The second-order valence-electron chi connectivity index (χ2n) is 2.51. The summed E-state index contributed by atoms with van der Waals surface area (Å²) in [6.07, 6.45) is 0.873. The van der Waals surface area contributed by atoms with E-state index in [1.54, 1.807) is 11.3 Å². The van der Waals surface area contributed by atoms with Crippen molar-refractivity contribution in [1.29, 1.82) is 0 Å². The van der Waals surface area contributed by atoms with Gasteiger partial charge in [0.25, 0.3) is 0 Å². The van der Waals surface area contributed by atoms with Crippen molar-refractivity contribution in [3.63, 3.8) is 0 Å². The van der Waals surface area contributed by atoms with Crippen LogP contribution < -0.4 is 5.73 Å². The molecule has 0 unspecified atom stereocenters. The summed E-state index contributed by atoms with van der Waals surface area (Å²) in [4.78, 5) is 5.25.